The number of hydrogen-bond donors (Lipinski definition) is 2. The fraction of sp³-hybridized carbons (Fsp3) is 0.0588. The van der Waals surface area contributed by atoms with Gasteiger partial charge in [0.05, 0.1) is 21.9 Å². The molecular weight excluding hydrogens is 354 g/mol. The van der Waals surface area contributed by atoms with Crippen LogP contribution in [0.1, 0.15) is 16.1 Å². The third-order valence-electron chi connectivity index (χ3n) is 3.75. The first-order valence-corrected chi connectivity index (χ1v) is 7.69. The molecule has 0 aliphatic rings. The number of aryl methyl sites for hydroxylation is 1. The van der Waals surface area contributed by atoms with E-state index in [1.807, 2.05) is 0 Å². The molecule has 10 nitrogen and oxygen atoms in total. The van der Waals surface area contributed by atoms with Crippen molar-refractivity contribution in [2.45, 2.75) is 6.92 Å². The summed E-state index contributed by atoms with van der Waals surface area (Å²) in [6, 6.07) is 11.4. The lowest BCUT2D eigenvalue weighted by atomic mass is 10.2. The average molecular weight is 367 g/mol. The number of nitro benzene ring substituents is 1. The van der Waals surface area contributed by atoms with Crippen LogP contribution in [-0.2, 0) is 0 Å². The molecule has 0 fully saturated rings. The standard InChI is InChI=1S/C17H13N5O5/c1-10-15(19-18-14-5-3-2-4-13(14)17(24)25)16(23)21(20-10)11-6-8-12(9-7-11)22(26)27/h2-9,20H,1H3,(H,24,25). The number of aromatic amines is 1. The van der Waals surface area contributed by atoms with Gasteiger partial charge in [-0.2, -0.15) is 0 Å². The lowest BCUT2D eigenvalue weighted by Crippen LogP contribution is -2.13. The summed E-state index contributed by atoms with van der Waals surface area (Å²) in [6.45, 7) is 1.61. The monoisotopic (exact) mass is 367 g/mol. The Balaban J connectivity index is 1.99. The van der Waals surface area contributed by atoms with Crippen molar-refractivity contribution in [2.75, 3.05) is 0 Å². The van der Waals surface area contributed by atoms with Crippen LogP contribution in [0.25, 0.3) is 5.69 Å². The van der Waals surface area contributed by atoms with E-state index in [4.69, 9.17) is 5.11 Å². The number of carbonyl (C=O) groups is 1. The molecule has 1 aromatic heterocycles. The van der Waals surface area contributed by atoms with E-state index in [2.05, 4.69) is 15.3 Å². The fourth-order valence-electron chi connectivity index (χ4n) is 2.41. The molecule has 3 aromatic rings. The zero-order valence-corrected chi connectivity index (χ0v) is 14.0. The number of nitrogens with one attached hydrogen (secondary N) is 1. The second-order valence-corrected chi connectivity index (χ2v) is 5.52. The van der Waals surface area contributed by atoms with Crippen LogP contribution in [-0.4, -0.2) is 25.8 Å². The number of nitrogens with zero attached hydrogens (tertiary/aromatic N) is 4. The number of hydrogen-bond acceptors (Lipinski definition) is 6. The second kappa shape index (κ2) is 7.04. The van der Waals surface area contributed by atoms with E-state index >= 15 is 0 Å². The molecule has 2 N–H and O–H groups in total. The van der Waals surface area contributed by atoms with Gasteiger partial charge in [0.15, 0.2) is 5.69 Å². The zero-order valence-electron chi connectivity index (χ0n) is 14.0. The number of H-pyrrole nitrogens is 1. The van der Waals surface area contributed by atoms with Crippen LogP contribution in [0.3, 0.4) is 0 Å². The van der Waals surface area contributed by atoms with Crippen LogP contribution in [0, 0.1) is 17.0 Å². The molecule has 0 radical (unpaired) electrons. The third kappa shape index (κ3) is 3.49. The molecule has 0 bridgehead atoms. The van der Waals surface area contributed by atoms with Crippen molar-refractivity contribution in [2.24, 2.45) is 10.2 Å². The largest absolute Gasteiger partial charge is 0.478 e. The molecule has 0 saturated heterocycles. The molecule has 27 heavy (non-hydrogen) atoms. The van der Waals surface area contributed by atoms with Gasteiger partial charge < -0.3 is 5.11 Å². The molecule has 1 heterocycles. The molecular formula is C17H13N5O5. The van der Waals surface area contributed by atoms with Gasteiger partial charge in [-0.25, -0.2) is 9.48 Å². The Morgan fingerprint density at radius 3 is 2.44 bits per heavy atom. The summed E-state index contributed by atoms with van der Waals surface area (Å²) in [6.07, 6.45) is 0. The van der Waals surface area contributed by atoms with Crippen molar-refractivity contribution in [3.05, 3.63) is 80.3 Å². The van der Waals surface area contributed by atoms with Crippen LogP contribution < -0.4 is 5.56 Å². The van der Waals surface area contributed by atoms with E-state index in [-0.39, 0.29) is 22.6 Å². The maximum Gasteiger partial charge on any atom is 0.337 e. The number of aromatic carboxylic acids is 1. The van der Waals surface area contributed by atoms with Gasteiger partial charge in [-0.3, -0.25) is 20.0 Å². The summed E-state index contributed by atoms with van der Waals surface area (Å²) in [7, 11) is 0. The summed E-state index contributed by atoms with van der Waals surface area (Å²) >= 11 is 0. The van der Waals surface area contributed by atoms with E-state index in [9.17, 15) is 19.7 Å². The minimum atomic E-state index is -1.15. The summed E-state index contributed by atoms with van der Waals surface area (Å²) in [5.41, 5.74) is 0.278. The van der Waals surface area contributed by atoms with Gasteiger partial charge >= 0.3 is 5.97 Å². The number of carboxylic acid groups (broad SMARTS) is 1. The van der Waals surface area contributed by atoms with Crippen LogP contribution in [0.2, 0.25) is 0 Å². The first-order valence-electron chi connectivity index (χ1n) is 7.69. The summed E-state index contributed by atoms with van der Waals surface area (Å²) in [5, 5.41) is 30.5. The third-order valence-corrected chi connectivity index (χ3v) is 3.75. The van der Waals surface area contributed by atoms with Gasteiger partial charge in [0.2, 0.25) is 0 Å². The van der Waals surface area contributed by atoms with Crippen molar-refractivity contribution in [1.29, 1.82) is 0 Å². The maximum absolute atomic E-state index is 12.6. The molecule has 0 aliphatic heterocycles. The van der Waals surface area contributed by atoms with Crippen molar-refractivity contribution >= 4 is 23.0 Å². The predicted octanol–water partition coefficient (Wildman–Crippen LogP) is 3.50. The minimum Gasteiger partial charge on any atom is -0.478 e. The normalized spacial score (nSPS) is 11.0. The molecule has 0 amide bonds. The topological polar surface area (TPSA) is 143 Å². The van der Waals surface area contributed by atoms with Crippen molar-refractivity contribution in [3.63, 3.8) is 0 Å². The van der Waals surface area contributed by atoms with Crippen LogP contribution in [0.15, 0.2) is 63.6 Å². The summed E-state index contributed by atoms with van der Waals surface area (Å²) in [4.78, 5) is 34.0. The number of aromatic nitrogens is 2. The van der Waals surface area contributed by atoms with Gasteiger partial charge in [0.1, 0.15) is 5.69 Å². The van der Waals surface area contributed by atoms with Gasteiger partial charge in [0, 0.05) is 12.1 Å². The molecule has 0 aliphatic carbocycles. The van der Waals surface area contributed by atoms with Gasteiger partial charge in [0.25, 0.3) is 11.2 Å². The molecule has 0 spiro atoms. The van der Waals surface area contributed by atoms with Gasteiger partial charge in [-0.05, 0) is 31.2 Å². The molecule has 0 unspecified atom stereocenters. The maximum atomic E-state index is 12.6. The van der Waals surface area contributed by atoms with E-state index in [1.165, 1.54) is 41.1 Å². The Morgan fingerprint density at radius 1 is 1.15 bits per heavy atom. The predicted molar refractivity (Wildman–Crippen MR) is 95.4 cm³/mol. The number of rotatable bonds is 5. The highest BCUT2D eigenvalue weighted by atomic mass is 16.6. The minimum absolute atomic E-state index is 0.00791. The second-order valence-electron chi connectivity index (χ2n) is 5.52. The number of nitro groups is 1. The van der Waals surface area contributed by atoms with Crippen LogP contribution >= 0.6 is 0 Å². The van der Waals surface area contributed by atoms with Gasteiger partial charge in [-0.15, -0.1) is 10.2 Å². The Labute approximate surface area is 151 Å². The molecule has 136 valence electrons. The average Bonchev–Trinajstić information content (AvgIpc) is 2.94. The number of non-ortho nitro benzene ring substituents is 1. The zero-order chi connectivity index (χ0) is 19.6. The van der Waals surface area contributed by atoms with Crippen molar-refractivity contribution < 1.29 is 14.8 Å². The van der Waals surface area contributed by atoms with E-state index in [0.717, 1.165) is 0 Å². The first kappa shape index (κ1) is 17.7. The lowest BCUT2D eigenvalue weighted by molar-refractivity contribution is -0.384. The Hall–Kier alpha value is -4.08. The quantitative estimate of drug-likeness (QED) is 0.403. The highest BCUT2D eigenvalue weighted by Crippen LogP contribution is 2.23. The smallest absolute Gasteiger partial charge is 0.337 e. The lowest BCUT2D eigenvalue weighted by Gasteiger charge is -2.00. The number of azo groups is 1. The Morgan fingerprint density at radius 2 is 1.81 bits per heavy atom. The van der Waals surface area contributed by atoms with Gasteiger partial charge in [-0.1, -0.05) is 12.1 Å². The van der Waals surface area contributed by atoms with Crippen LogP contribution in [0.5, 0.6) is 0 Å². The van der Waals surface area contributed by atoms with Crippen LogP contribution in [0.4, 0.5) is 17.1 Å². The molecule has 3 rings (SSSR count). The molecule has 0 atom stereocenters. The van der Waals surface area contributed by atoms with E-state index in [0.29, 0.717) is 11.4 Å². The Bertz CT molecular complexity index is 1110. The highest BCUT2D eigenvalue weighted by molar-refractivity contribution is 5.93. The van der Waals surface area contributed by atoms with Crippen molar-refractivity contribution in [3.8, 4) is 5.69 Å². The highest BCUT2D eigenvalue weighted by Gasteiger charge is 2.14. The molecule has 2 aromatic carbocycles. The fourth-order valence-corrected chi connectivity index (χ4v) is 2.41. The summed E-state index contributed by atoms with van der Waals surface area (Å²) < 4.78 is 1.18. The summed E-state index contributed by atoms with van der Waals surface area (Å²) in [5.74, 6) is -1.15. The van der Waals surface area contributed by atoms with E-state index < -0.39 is 16.5 Å². The van der Waals surface area contributed by atoms with Crippen molar-refractivity contribution in [1.82, 2.24) is 9.78 Å². The number of benzene rings is 2. The molecule has 0 saturated carbocycles. The van der Waals surface area contributed by atoms with E-state index in [1.54, 1.807) is 19.1 Å². The Kier molecular flexibility index (Phi) is 4.62. The number of carboxylic acids is 1. The molecule has 10 heteroatoms. The first-order chi connectivity index (χ1) is 12.9. The SMILES string of the molecule is Cc1[nH]n(-c2ccc([N+](=O)[O-])cc2)c(=O)c1N=Nc1ccccc1C(=O)O.